The average Bonchev–Trinajstić information content (AvgIpc) is 2.79. The van der Waals surface area contributed by atoms with Gasteiger partial charge in [0.2, 0.25) is 0 Å². The Hall–Kier alpha value is -2.82. The van der Waals surface area contributed by atoms with E-state index in [0.29, 0.717) is 6.54 Å². The fourth-order valence-electron chi connectivity index (χ4n) is 4.18. The molecule has 1 aliphatic rings. The molecule has 0 unspecified atom stereocenters. The normalized spacial score (nSPS) is 14.3. The van der Waals surface area contributed by atoms with Crippen molar-refractivity contribution in [1.29, 1.82) is 0 Å². The lowest BCUT2D eigenvalue weighted by molar-refractivity contribution is 0.0309. The molecule has 3 aromatic rings. The fraction of sp³-hybridized carbons (Fsp3) is 0.280. The molecular weight excluding hydrogens is 362 g/mol. The maximum absolute atomic E-state index is 11.9. The van der Waals surface area contributed by atoms with Crippen molar-refractivity contribution in [2.24, 2.45) is 0 Å². The second-order valence-electron chi connectivity index (χ2n) is 7.53. The molecule has 0 fully saturated rings. The van der Waals surface area contributed by atoms with E-state index < -0.39 is 5.60 Å². The minimum Gasteiger partial charge on any atom is -0.493 e. The first kappa shape index (κ1) is 19.5. The molecular formula is C25H27NO3. The molecule has 4 nitrogen and oxygen atoms in total. The van der Waals surface area contributed by atoms with Gasteiger partial charge >= 0.3 is 0 Å². The van der Waals surface area contributed by atoms with Gasteiger partial charge in [-0.15, -0.1) is 0 Å². The van der Waals surface area contributed by atoms with Crippen LogP contribution in [0.2, 0.25) is 0 Å². The highest BCUT2D eigenvalue weighted by Gasteiger charge is 2.34. The van der Waals surface area contributed by atoms with Gasteiger partial charge in [-0.3, -0.25) is 4.90 Å². The molecule has 0 spiro atoms. The average molecular weight is 389 g/mol. The number of rotatable bonds is 6. The summed E-state index contributed by atoms with van der Waals surface area (Å²) in [6.45, 7) is 2.16. The zero-order valence-electron chi connectivity index (χ0n) is 17.0. The van der Waals surface area contributed by atoms with Gasteiger partial charge in [0.1, 0.15) is 5.60 Å². The predicted molar refractivity (Wildman–Crippen MR) is 114 cm³/mol. The van der Waals surface area contributed by atoms with Gasteiger partial charge in [0.05, 0.1) is 14.2 Å². The van der Waals surface area contributed by atoms with Crippen LogP contribution in [0.25, 0.3) is 0 Å². The number of methoxy groups -OCH3 is 2. The molecule has 150 valence electrons. The molecule has 29 heavy (non-hydrogen) atoms. The van der Waals surface area contributed by atoms with Crippen LogP contribution in [-0.2, 0) is 18.6 Å². The zero-order chi connectivity index (χ0) is 20.3. The Kier molecular flexibility index (Phi) is 5.56. The van der Waals surface area contributed by atoms with Crippen molar-refractivity contribution in [1.82, 2.24) is 4.90 Å². The van der Waals surface area contributed by atoms with Crippen LogP contribution in [0.4, 0.5) is 0 Å². The molecule has 0 amide bonds. The van der Waals surface area contributed by atoms with Crippen molar-refractivity contribution in [2.45, 2.75) is 18.6 Å². The maximum Gasteiger partial charge on any atom is 0.161 e. The molecule has 3 aromatic carbocycles. The third-order valence-corrected chi connectivity index (χ3v) is 5.75. The molecule has 0 atom stereocenters. The second kappa shape index (κ2) is 8.27. The Morgan fingerprint density at radius 2 is 1.34 bits per heavy atom. The Balaban J connectivity index is 1.65. The van der Waals surface area contributed by atoms with Crippen molar-refractivity contribution < 1.29 is 14.6 Å². The molecule has 4 rings (SSSR count). The predicted octanol–water partition coefficient (Wildman–Crippen LogP) is 4.00. The molecule has 0 saturated carbocycles. The molecule has 0 radical (unpaired) electrons. The Morgan fingerprint density at radius 1 is 0.828 bits per heavy atom. The van der Waals surface area contributed by atoms with E-state index in [1.807, 2.05) is 60.7 Å². The first-order valence-electron chi connectivity index (χ1n) is 9.93. The van der Waals surface area contributed by atoms with Crippen molar-refractivity contribution in [3.05, 3.63) is 95.1 Å². The molecule has 0 saturated heterocycles. The van der Waals surface area contributed by atoms with E-state index in [0.717, 1.165) is 42.1 Å². The molecule has 0 aliphatic carbocycles. The van der Waals surface area contributed by atoms with Gasteiger partial charge in [-0.2, -0.15) is 0 Å². The van der Waals surface area contributed by atoms with Crippen molar-refractivity contribution in [3.63, 3.8) is 0 Å². The van der Waals surface area contributed by atoms with Crippen LogP contribution >= 0.6 is 0 Å². The molecule has 0 bridgehead atoms. The van der Waals surface area contributed by atoms with Crippen LogP contribution in [0.15, 0.2) is 72.8 Å². The lowest BCUT2D eigenvalue weighted by atomic mass is 9.85. The number of nitrogens with zero attached hydrogens (tertiary/aromatic N) is 1. The number of hydrogen-bond donors (Lipinski definition) is 1. The third kappa shape index (κ3) is 3.86. The highest BCUT2D eigenvalue weighted by molar-refractivity contribution is 5.48. The van der Waals surface area contributed by atoms with Crippen LogP contribution in [-0.4, -0.2) is 37.3 Å². The van der Waals surface area contributed by atoms with Gasteiger partial charge in [-0.25, -0.2) is 0 Å². The molecule has 1 N–H and O–H groups in total. The minimum absolute atomic E-state index is 0.523. The van der Waals surface area contributed by atoms with E-state index in [9.17, 15) is 5.11 Å². The first-order valence-corrected chi connectivity index (χ1v) is 9.93. The molecule has 0 aromatic heterocycles. The van der Waals surface area contributed by atoms with E-state index in [-0.39, 0.29) is 0 Å². The summed E-state index contributed by atoms with van der Waals surface area (Å²) in [5.41, 5.74) is 3.24. The standard InChI is InChI=1S/C25H27NO3/c1-28-23-15-19-13-14-26(17-20(19)16-24(23)29-2)18-25(27,21-9-5-3-6-10-21)22-11-7-4-8-12-22/h3-12,15-16,27H,13-14,17-18H2,1-2H3. The van der Waals surface area contributed by atoms with Gasteiger partial charge in [-0.1, -0.05) is 60.7 Å². The van der Waals surface area contributed by atoms with Crippen LogP contribution in [0.1, 0.15) is 22.3 Å². The SMILES string of the molecule is COc1cc2c(cc1OC)CN(CC(O)(c1ccccc1)c1ccccc1)CC2. The van der Waals surface area contributed by atoms with Crippen LogP contribution < -0.4 is 9.47 Å². The quantitative estimate of drug-likeness (QED) is 0.692. The fourth-order valence-corrected chi connectivity index (χ4v) is 4.18. The van der Waals surface area contributed by atoms with Gasteiger partial charge in [0.25, 0.3) is 0 Å². The van der Waals surface area contributed by atoms with E-state index in [4.69, 9.17) is 9.47 Å². The highest BCUT2D eigenvalue weighted by Crippen LogP contribution is 2.36. The summed E-state index contributed by atoms with van der Waals surface area (Å²) < 4.78 is 10.9. The van der Waals surface area contributed by atoms with E-state index >= 15 is 0 Å². The van der Waals surface area contributed by atoms with Crippen LogP contribution in [0, 0.1) is 0 Å². The topological polar surface area (TPSA) is 41.9 Å². The van der Waals surface area contributed by atoms with Gasteiger partial charge in [0, 0.05) is 19.6 Å². The summed E-state index contributed by atoms with van der Waals surface area (Å²) in [5, 5.41) is 11.9. The summed E-state index contributed by atoms with van der Waals surface area (Å²) >= 11 is 0. The van der Waals surface area contributed by atoms with Crippen molar-refractivity contribution in [3.8, 4) is 11.5 Å². The maximum atomic E-state index is 11.9. The largest absolute Gasteiger partial charge is 0.493 e. The summed E-state index contributed by atoms with van der Waals surface area (Å²) in [4.78, 5) is 2.31. The van der Waals surface area contributed by atoms with Gasteiger partial charge in [-0.05, 0) is 40.8 Å². The van der Waals surface area contributed by atoms with Gasteiger partial charge < -0.3 is 14.6 Å². The summed E-state index contributed by atoms with van der Waals surface area (Å²) in [7, 11) is 3.33. The Morgan fingerprint density at radius 3 is 1.86 bits per heavy atom. The number of ether oxygens (including phenoxy) is 2. The van der Waals surface area contributed by atoms with Crippen LogP contribution in [0.5, 0.6) is 11.5 Å². The Labute approximate surface area is 172 Å². The summed E-state index contributed by atoms with van der Waals surface area (Å²) in [6, 6.07) is 24.0. The van der Waals surface area contributed by atoms with Crippen LogP contribution in [0.3, 0.4) is 0 Å². The minimum atomic E-state index is -1.07. The lowest BCUT2D eigenvalue weighted by Gasteiger charge is -2.37. The number of benzene rings is 3. The van der Waals surface area contributed by atoms with Crippen molar-refractivity contribution in [2.75, 3.05) is 27.3 Å². The highest BCUT2D eigenvalue weighted by atomic mass is 16.5. The molecule has 4 heteroatoms. The zero-order valence-corrected chi connectivity index (χ0v) is 17.0. The second-order valence-corrected chi connectivity index (χ2v) is 7.53. The van der Waals surface area contributed by atoms with Crippen molar-refractivity contribution >= 4 is 0 Å². The third-order valence-electron chi connectivity index (χ3n) is 5.75. The number of aliphatic hydroxyl groups is 1. The van der Waals surface area contributed by atoms with E-state index in [1.54, 1.807) is 14.2 Å². The number of β-amino-alcohol motifs (C(OH)–C–C–N with tert-alkyl or cyclic N) is 1. The van der Waals surface area contributed by atoms with Gasteiger partial charge in [0.15, 0.2) is 11.5 Å². The number of hydrogen-bond acceptors (Lipinski definition) is 4. The van der Waals surface area contributed by atoms with E-state index in [1.165, 1.54) is 11.1 Å². The monoisotopic (exact) mass is 389 g/mol. The molecule has 1 aliphatic heterocycles. The summed E-state index contributed by atoms with van der Waals surface area (Å²) in [5.74, 6) is 1.51. The first-order chi connectivity index (χ1) is 14.1. The van der Waals surface area contributed by atoms with E-state index in [2.05, 4.69) is 17.0 Å². The summed E-state index contributed by atoms with van der Waals surface area (Å²) in [6.07, 6.45) is 0.912. The molecule has 1 heterocycles. The number of fused-ring (bicyclic) bond motifs is 1. The lowest BCUT2D eigenvalue weighted by Crippen LogP contribution is -2.43. The smallest absolute Gasteiger partial charge is 0.161 e. The Bertz CT molecular complexity index is 917.